The van der Waals surface area contributed by atoms with Crippen molar-refractivity contribution in [2.75, 3.05) is 19.6 Å². The predicted molar refractivity (Wildman–Crippen MR) is 151 cm³/mol. The first-order chi connectivity index (χ1) is 17.4. The fourth-order valence-corrected chi connectivity index (χ4v) is 6.75. The number of sulfonamides is 1. The van der Waals surface area contributed by atoms with Crippen molar-refractivity contribution in [1.82, 2.24) is 18.8 Å². The van der Waals surface area contributed by atoms with E-state index in [0.29, 0.717) is 34.8 Å². The molecule has 8 heteroatoms. The monoisotopic (exact) mass is 530 g/mol. The van der Waals surface area contributed by atoms with Crippen LogP contribution in [-0.2, 0) is 16.6 Å². The van der Waals surface area contributed by atoms with E-state index in [9.17, 15) is 8.42 Å². The minimum Gasteiger partial charge on any atom is -0.464 e. The van der Waals surface area contributed by atoms with Gasteiger partial charge in [0, 0.05) is 43.3 Å². The van der Waals surface area contributed by atoms with Gasteiger partial charge in [0.25, 0.3) is 0 Å². The summed E-state index contributed by atoms with van der Waals surface area (Å²) >= 11 is 0. The summed E-state index contributed by atoms with van der Waals surface area (Å²) in [6, 6.07) is 6.96. The second kappa shape index (κ2) is 12.6. The minimum absolute atomic E-state index is 0.182. The lowest BCUT2D eigenvalue weighted by Crippen LogP contribution is -2.48. The van der Waals surface area contributed by atoms with Gasteiger partial charge in [0.1, 0.15) is 5.58 Å². The number of imidazole rings is 1. The maximum atomic E-state index is 14.4. The van der Waals surface area contributed by atoms with Gasteiger partial charge in [0.2, 0.25) is 10.0 Å². The van der Waals surface area contributed by atoms with Gasteiger partial charge >= 0.3 is 0 Å². The standard InChI is InChI=1S/C29H46N4O3S/c1-21(2)13-26(18-31(16-22(3)4)17-23(5)6)33(19-27-15-30-20-32(27)24(7)8)37(34,35)28-9-10-29-25(14-28)11-12-36-29/h9-12,14-15,20-24,26H,13,16-19H2,1-8H3/t26-/m0/s1. The van der Waals surface area contributed by atoms with Crippen molar-refractivity contribution in [2.45, 2.75) is 85.3 Å². The van der Waals surface area contributed by atoms with Gasteiger partial charge in [-0.1, -0.05) is 41.5 Å². The predicted octanol–water partition coefficient (Wildman–Crippen LogP) is 6.43. The molecule has 0 saturated carbocycles. The van der Waals surface area contributed by atoms with Crippen molar-refractivity contribution in [1.29, 1.82) is 0 Å². The molecule has 0 amide bonds. The first-order valence-electron chi connectivity index (χ1n) is 13.6. The number of hydrogen-bond acceptors (Lipinski definition) is 5. The van der Waals surface area contributed by atoms with Crippen LogP contribution >= 0.6 is 0 Å². The molecule has 2 aromatic heterocycles. The lowest BCUT2D eigenvalue weighted by molar-refractivity contribution is 0.151. The Hall–Kier alpha value is -2.16. The van der Waals surface area contributed by atoms with Crippen LogP contribution < -0.4 is 0 Å². The van der Waals surface area contributed by atoms with Crippen molar-refractivity contribution in [3.63, 3.8) is 0 Å². The maximum Gasteiger partial charge on any atom is 0.243 e. The summed E-state index contributed by atoms with van der Waals surface area (Å²) in [5.41, 5.74) is 1.58. The van der Waals surface area contributed by atoms with Gasteiger partial charge in [-0.3, -0.25) is 0 Å². The van der Waals surface area contributed by atoms with Crippen LogP contribution in [0.1, 0.15) is 73.5 Å². The average molecular weight is 531 g/mol. The molecule has 0 radical (unpaired) electrons. The summed E-state index contributed by atoms with van der Waals surface area (Å²) in [4.78, 5) is 7.11. The van der Waals surface area contributed by atoms with Crippen molar-refractivity contribution in [3.8, 4) is 0 Å². The van der Waals surface area contributed by atoms with Gasteiger partial charge in [-0.15, -0.1) is 0 Å². The molecule has 7 nitrogen and oxygen atoms in total. The molecule has 0 N–H and O–H groups in total. The van der Waals surface area contributed by atoms with Crippen LogP contribution in [0.5, 0.6) is 0 Å². The van der Waals surface area contributed by atoms with Crippen LogP contribution in [0.4, 0.5) is 0 Å². The minimum atomic E-state index is -3.81. The highest BCUT2D eigenvalue weighted by molar-refractivity contribution is 7.89. The Morgan fingerprint density at radius 2 is 1.59 bits per heavy atom. The summed E-state index contributed by atoms with van der Waals surface area (Å²) in [6.07, 6.45) is 5.96. The molecule has 0 aliphatic rings. The number of furan rings is 1. The van der Waals surface area contributed by atoms with E-state index in [2.05, 4.69) is 69.8 Å². The molecule has 1 aromatic carbocycles. The smallest absolute Gasteiger partial charge is 0.243 e. The molecular weight excluding hydrogens is 484 g/mol. The van der Waals surface area contributed by atoms with Gasteiger partial charge in [0.05, 0.1) is 29.7 Å². The Morgan fingerprint density at radius 1 is 0.919 bits per heavy atom. The van der Waals surface area contributed by atoms with Gasteiger partial charge in [0.15, 0.2) is 0 Å². The molecule has 0 bridgehead atoms. The summed E-state index contributed by atoms with van der Waals surface area (Å²) in [7, 11) is -3.81. The van der Waals surface area contributed by atoms with Crippen LogP contribution in [0.2, 0.25) is 0 Å². The zero-order valence-corrected chi connectivity index (χ0v) is 24.7. The van der Waals surface area contributed by atoms with Crippen LogP contribution in [0.15, 0.2) is 52.4 Å². The van der Waals surface area contributed by atoms with Gasteiger partial charge in [-0.25, -0.2) is 13.4 Å². The van der Waals surface area contributed by atoms with Crippen LogP contribution in [0, 0.1) is 17.8 Å². The number of hydrogen-bond donors (Lipinski definition) is 0. The summed E-state index contributed by atoms with van der Waals surface area (Å²) in [5.74, 6) is 1.33. The fourth-order valence-electron chi connectivity index (χ4n) is 5.11. The van der Waals surface area contributed by atoms with Gasteiger partial charge in [-0.2, -0.15) is 4.31 Å². The third kappa shape index (κ3) is 7.68. The topological polar surface area (TPSA) is 71.6 Å². The molecule has 0 aliphatic carbocycles. The molecule has 0 aliphatic heterocycles. The first kappa shape index (κ1) is 29.4. The zero-order chi connectivity index (χ0) is 27.3. The first-order valence-corrected chi connectivity index (χ1v) is 15.0. The molecule has 3 rings (SSSR count). The van der Waals surface area contributed by atoms with Crippen molar-refractivity contribution < 1.29 is 12.8 Å². The van der Waals surface area contributed by atoms with Crippen molar-refractivity contribution in [2.24, 2.45) is 17.8 Å². The lowest BCUT2D eigenvalue weighted by Gasteiger charge is -2.37. The molecule has 37 heavy (non-hydrogen) atoms. The van der Waals surface area contributed by atoms with E-state index >= 15 is 0 Å². The van der Waals surface area contributed by atoms with Gasteiger partial charge < -0.3 is 13.9 Å². The van der Waals surface area contributed by atoms with E-state index in [1.54, 1.807) is 41.3 Å². The highest BCUT2D eigenvalue weighted by atomic mass is 32.2. The van der Waals surface area contributed by atoms with E-state index in [-0.39, 0.29) is 18.6 Å². The second-order valence-electron chi connectivity index (χ2n) is 11.8. The third-order valence-electron chi connectivity index (χ3n) is 6.52. The summed E-state index contributed by atoms with van der Waals surface area (Å²) < 4.78 is 38.1. The molecule has 2 heterocycles. The molecule has 0 fully saturated rings. The quantitative estimate of drug-likeness (QED) is 0.240. The van der Waals surface area contributed by atoms with E-state index in [4.69, 9.17) is 4.42 Å². The van der Waals surface area contributed by atoms with Crippen LogP contribution in [0.3, 0.4) is 0 Å². The maximum absolute atomic E-state index is 14.4. The SMILES string of the molecule is CC(C)C[C@@H](CN(CC(C)C)CC(C)C)N(Cc1cncn1C(C)C)S(=O)(=O)c1ccc2occc2c1. The largest absolute Gasteiger partial charge is 0.464 e. The van der Waals surface area contributed by atoms with Crippen LogP contribution in [0.25, 0.3) is 11.0 Å². The van der Waals surface area contributed by atoms with E-state index in [0.717, 1.165) is 30.6 Å². The molecule has 0 spiro atoms. The molecule has 3 aromatic rings. The number of nitrogens with zero attached hydrogens (tertiary/aromatic N) is 4. The summed E-state index contributed by atoms with van der Waals surface area (Å²) in [6.45, 7) is 20.3. The van der Waals surface area contributed by atoms with E-state index in [1.165, 1.54) is 0 Å². The number of rotatable bonds is 14. The Morgan fingerprint density at radius 3 is 2.19 bits per heavy atom. The molecule has 0 saturated heterocycles. The zero-order valence-electron chi connectivity index (χ0n) is 23.9. The third-order valence-corrected chi connectivity index (χ3v) is 8.41. The molecule has 0 unspecified atom stereocenters. The Bertz CT molecular complexity index is 1220. The number of benzene rings is 1. The average Bonchev–Trinajstić information content (AvgIpc) is 3.44. The molecular formula is C29H46N4O3S. The number of aromatic nitrogens is 2. The summed E-state index contributed by atoms with van der Waals surface area (Å²) in [5, 5.41) is 0.787. The highest BCUT2D eigenvalue weighted by Gasteiger charge is 2.34. The second-order valence-corrected chi connectivity index (χ2v) is 13.7. The fraction of sp³-hybridized carbons (Fsp3) is 0.621. The highest BCUT2D eigenvalue weighted by Crippen LogP contribution is 2.28. The molecule has 1 atom stereocenters. The van der Waals surface area contributed by atoms with E-state index < -0.39 is 10.0 Å². The lowest BCUT2D eigenvalue weighted by atomic mass is 10.0. The van der Waals surface area contributed by atoms with Crippen molar-refractivity contribution >= 4 is 21.0 Å². The van der Waals surface area contributed by atoms with E-state index in [1.807, 2.05) is 6.07 Å². The Balaban J connectivity index is 2.09. The number of fused-ring (bicyclic) bond motifs is 1. The van der Waals surface area contributed by atoms with Crippen LogP contribution in [-0.4, -0.2) is 52.9 Å². The van der Waals surface area contributed by atoms with Gasteiger partial charge in [-0.05, 0) is 62.3 Å². The Kier molecular flexibility index (Phi) is 10.0. The Labute approximate surface area is 223 Å². The molecule has 206 valence electrons. The normalized spacial score (nSPS) is 13.9. The van der Waals surface area contributed by atoms with Crippen molar-refractivity contribution in [3.05, 3.63) is 48.7 Å².